The summed E-state index contributed by atoms with van der Waals surface area (Å²) in [6.07, 6.45) is 6.26. The van der Waals surface area contributed by atoms with Crippen LogP contribution in [-0.2, 0) is 19.2 Å². The number of fused-ring (bicyclic) bond motifs is 1. The molecule has 4 atom stereocenters. The number of oxazole rings is 1. The predicted molar refractivity (Wildman–Crippen MR) is 293 cm³/mol. The molecule has 6 aromatic rings. The molecule has 2 aliphatic rings. The largest absolute Gasteiger partial charge is 0.493 e. The zero-order chi connectivity index (χ0) is 54.6. The average molecular weight is 1100 g/mol. The number of thiazole rings is 1. The number of aliphatic hydroxyl groups is 1. The molecule has 3 aromatic heterocycles. The third-order valence-electron chi connectivity index (χ3n) is 14.2. The molecule has 2 aliphatic heterocycles. The standard InChI is InChI=1S/C56H68ClFN10O8S/c1-34(2)51(52-35(3)62-32-76-52)56(73)68-30-40(69)26-46(68)55(72)65-44(37-12-14-38(15-13-37)53-36(4)63-33-77-53)29-49(70)59-18-9-7-6-8-11-50(71)67-22-20-66(21-23-67)19-10-24-75-48-27-41-45(28-47(48)74-5)60-31-61-54(41)64-39-16-17-43(58)42(57)25-39/h12-17,25,27-28,31-34,40,44,46,51,69H,6-11,18-24,26,29-30H2,1-5H3,(H,59,70)(H,65,72)(H,60,61,64)/t40-,44+,46+,51-/m1/s1. The number of hydrogen-bond acceptors (Lipinski definition) is 15. The van der Waals surface area contributed by atoms with Crippen molar-refractivity contribution < 1.29 is 42.6 Å². The number of hydrogen-bond donors (Lipinski definition) is 4. The van der Waals surface area contributed by atoms with Gasteiger partial charge in [0.15, 0.2) is 17.9 Å². The van der Waals surface area contributed by atoms with Crippen LogP contribution in [0.4, 0.5) is 15.9 Å². The van der Waals surface area contributed by atoms with Crippen molar-refractivity contribution in [1.29, 1.82) is 0 Å². The number of amides is 4. The molecule has 21 heteroatoms. The third-order valence-corrected chi connectivity index (χ3v) is 15.5. The number of rotatable bonds is 24. The molecule has 5 heterocycles. The number of halogens is 2. The predicted octanol–water partition coefficient (Wildman–Crippen LogP) is 8.53. The second-order valence-electron chi connectivity index (χ2n) is 20.0. The minimum Gasteiger partial charge on any atom is -0.493 e. The van der Waals surface area contributed by atoms with E-state index in [2.05, 4.69) is 40.8 Å². The molecule has 18 nitrogen and oxygen atoms in total. The van der Waals surface area contributed by atoms with Gasteiger partial charge in [-0.1, -0.05) is 62.6 Å². The van der Waals surface area contributed by atoms with Gasteiger partial charge in [0.2, 0.25) is 23.6 Å². The van der Waals surface area contributed by atoms with E-state index in [4.69, 9.17) is 25.5 Å². The van der Waals surface area contributed by atoms with Gasteiger partial charge >= 0.3 is 0 Å². The first-order valence-electron chi connectivity index (χ1n) is 26.3. The molecule has 4 amide bonds. The van der Waals surface area contributed by atoms with Crippen LogP contribution in [0.5, 0.6) is 11.5 Å². The molecule has 8 rings (SSSR count). The fourth-order valence-electron chi connectivity index (χ4n) is 10.00. The summed E-state index contributed by atoms with van der Waals surface area (Å²) in [4.78, 5) is 79.1. The van der Waals surface area contributed by atoms with Gasteiger partial charge in [-0.2, -0.15) is 0 Å². The molecular formula is C56H68ClFN10O8S. The van der Waals surface area contributed by atoms with E-state index < -0.39 is 35.8 Å². The first-order chi connectivity index (χ1) is 37.2. The maximum Gasteiger partial charge on any atom is 0.243 e. The average Bonchev–Trinajstić information content (AvgIpc) is 4.19. The van der Waals surface area contributed by atoms with Crippen LogP contribution in [0.15, 0.2) is 77.2 Å². The molecule has 4 N–H and O–H groups in total. The zero-order valence-electron chi connectivity index (χ0n) is 44.2. The Hall–Kier alpha value is -6.74. The lowest BCUT2D eigenvalue weighted by Crippen LogP contribution is -2.49. The van der Waals surface area contributed by atoms with Crippen molar-refractivity contribution in [1.82, 2.24) is 45.3 Å². The number of methoxy groups -OCH3 is 1. The number of aliphatic hydroxyl groups excluding tert-OH is 1. The van der Waals surface area contributed by atoms with Gasteiger partial charge in [0.05, 0.1) is 64.6 Å². The summed E-state index contributed by atoms with van der Waals surface area (Å²) < 4.78 is 31.2. The number of aromatic nitrogens is 4. The summed E-state index contributed by atoms with van der Waals surface area (Å²) >= 11 is 7.53. The number of nitrogens with one attached hydrogen (secondary N) is 3. The highest BCUT2D eigenvalue weighted by Crippen LogP contribution is 2.37. The van der Waals surface area contributed by atoms with Crippen molar-refractivity contribution in [3.05, 3.63) is 106 Å². The number of β-amino-alcohol motifs (C(OH)–C–C–N with tert-alkyl or cyclic N) is 1. The van der Waals surface area contributed by atoms with Crippen LogP contribution in [0, 0.1) is 25.6 Å². The van der Waals surface area contributed by atoms with Crippen molar-refractivity contribution in [2.24, 2.45) is 5.92 Å². The fraction of sp³-hybridized carbons (Fsp3) is 0.464. The highest BCUT2D eigenvalue weighted by atomic mass is 35.5. The van der Waals surface area contributed by atoms with Gasteiger partial charge in [0, 0.05) is 75.8 Å². The van der Waals surface area contributed by atoms with Crippen LogP contribution >= 0.6 is 22.9 Å². The molecule has 77 heavy (non-hydrogen) atoms. The van der Waals surface area contributed by atoms with Crippen LogP contribution in [0.25, 0.3) is 21.3 Å². The van der Waals surface area contributed by atoms with Crippen LogP contribution < -0.4 is 25.4 Å². The summed E-state index contributed by atoms with van der Waals surface area (Å²) in [7, 11) is 1.58. The van der Waals surface area contributed by atoms with Crippen LogP contribution in [-0.4, -0.2) is 135 Å². The number of nitrogens with zero attached hydrogens (tertiary/aromatic N) is 7. The van der Waals surface area contributed by atoms with E-state index in [1.165, 1.54) is 41.1 Å². The Labute approximate surface area is 457 Å². The van der Waals surface area contributed by atoms with Gasteiger partial charge < -0.3 is 44.7 Å². The minimum atomic E-state index is -0.955. The summed E-state index contributed by atoms with van der Waals surface area (Å²) in [6, 6.07) is 14.0. The monoisotopic (exact) mass is 1090 g/mol. The Morgan fingerprint density at radius 1 is 0.922 bits per heavy atom. The van der Waals surface area contributed by atoms with Gasteiger partial charge in [-0.3, -0.25) is 24.1 Å². The van der Waals surface area contributed by atoms with Crippen LogP contribution in [0.2, 0.25) is 5.02 Å². The van der Waals surface area contributed by atoms with Gasteiger partial charge in [0.25, 0.3) is 0 Å². The smallest absolute Gasteiger partial charge is 0.243 e. The Morgan fingerprint density at radius 2 is 1.70 bits per heavy atom. The molecule has 0 spiro atoms. The lowest BCUT2D eigenvalue weighted by atomic mass is 9.90. The van der Waals surface area contributed by atoms with E-state index in [1.54, 1.807) is 31.7 Å². The Balaban J connectivity index is 0.754. The first kappa shape index (κ1) is 56.5. The maximum atomic E-state index is 14.2. The molecule has 0 bridgehead atoms. The van der Waals surface area contributed by atoms with Gasteiger partial charge in [-0.05, 0) is 74.4 Å². The van der Waals surface area contributed by atoms with E-state index in [1.807, 2.05) is 56.0 Å². The summed E-state index contributed by atoms with van der Waals surface area (Å²) in [5, 5.41) is 20.8. The molecular weight excluding hydrogens is 1030 g/mol. The molecule has 2 fully saturated rings. The molecule has 0 saturated carbocycles. The number of benzene rings is 3. The van der Waals surface area contributed by atoms with E-state index >= 15 is 0 Å². The Kier molecular flexibility index (Phi) is 19.5. The topological polar surface area (TPSA) is 217 Å². The summed E-state index contributed by atoms with van der Waals surface area (Å²) in [5.74, 6) is -0.203. The summed E-state index contributed by atoms with van der Waals surface area (Å²) in [6.45, 7) is 12.1. The second kappa shape index (κ2) is 26.5. The number of aryl methyl sites for hydroxylation is 2. The van der Waals surface area contributed by atoms with Gasteiger partial charge in [0.1, 0.15) is 35.7 Å². The molecule has 0 aliphatic carbocycles. The van der Waals surface area contributed by atoms with Crippen molar-refractivity contribution in [3.8, 4) is 21.9 Å². The summed E-state index contributed by atoms with van der Waals surface area (Å²) in [5.41, 5.74) is 6.22. The Morgan fingerprint density at radius 3 is 2.40 bits per heavy atom. The molecule has 2 saturated heterocycles. The lowest BCUT2D eigenvalue weighted by Gasteiger charge is -2.34. The third kappa shape index (κ3) is 14.4. The molecule has 0 radical (unpaired) electrons. The number of carbonyl (C=O) groups is 4. The first-order valence-corrected chi connectivity index (χ1v) is 27.6. The van der Waals surface area contributed by atoms with Gasteiger partial charge in [-0.25, -0.2) is 24.3 Å². The second-order valence-corrected chi connectivity index (χ2v) is 21.3. The van der Waals surface area contributed by atoms with Crippen molar-refractivity contribution >= 4 is 69.0 Å². The highest BCUT2D eigenvalue weighted by Gasteiger charge is 2.44. The van der Waals surface area contributed by atoms with E-state index in [0.29, 0.717) is 78.0 Å². The molecule has 410 valence electrons. The lowest BCUT2D eigenvalue weighted by molar-refractivity contribution is -0.141. The van der Waals surface area contributed by atoms with Crippen LogP contribution in [0.1, 0.15) is 99.9 Å². The van der Waals surface area contributed by atoms with E-state index in [-0.39, 0.29) is 48.0 Å². The SMILES string of the molecule is COc1cc2ncnc(Nc3ccc(F)c(Cl)c3)c2cc1OCCCN1CCN(C(=O)CCCCCCNC(=O)C[C@H](NC(=O)[C@@H]2C[C@@H](O)CN2C(=O)[C@@H](c2ocnc2C)C(C)C)c2ccc(-c3scnc3C)cc2)CC1. The molecule has 3 aromatic carbocycles. The number of anilines is 2. The minimum absolute atomic E-state index is 0.00198. The maximum absolute atomic E-state index is 14.2. The quantitative estimate of drug-likeness (QED) is 0.0418. The normalized spacial score (nSPS) is 16.6. The van der Waals surface area contributed by atoms with E-state index in [9.17, 15) is 28.7 Å². The number of likely N-dealkylation sites (tertiary alicyclic amines) is 1. The number of unbranched alkanes of at least 4 members (excludes halogenated alkanes) is 3. The number of piperazine rings is 1. The van der Waals surface area contributed by atoms with Crippen molar-refractivity contribution in [2.45, 2.75) is 103 Å². The number of ether oxygens (including phenoxy) is 2. The molecule has 0 unspecified atom stereocenters. The zero-order valence-corrected chi connectivity index (χ0v) is 45.8. The van der Waals surface area contributed by atoms with Crippen molar-refractivity contribution in [2.75, 3.05) is 64.8 Å². The van der Waals surface area contributed by atoms with Gasteiger partial charge in [-0.15, -0.1) is 11.3 Å². The fourth-order valence-corrected chi connectivity index (χ4v) is 11.0. The van der Waals surface area contributed by atoms with Crippen molar-refractivity contribution in [3.63, 3.8) is 0 Å². The van der Waals surface area contributed by atoms with Crippen LogP contribution in [0.3, 0.4) is 0 Å². The highest BCUT2D eigenvalue weighted by molar-refractivity contribution is 7.13. The number of carbonyl (C=O) groups excluding carboxylic acids is 4. The Bertz CT molecular complexity index is 2990. The van der Waals surface area contributed by atoms with E-state index in [0.717, 1.165) is 73.4 Å².